The topological polar surface area (TPSA) is 72.6 Å². The Morgan fingerprint density at radius 3 is 2.70 bits per heavy atom. The number of nitrogens with two attached hydrogens (primary N) is 1. The summed E-state index contributed by atoms with van der Waals surface area (Å²) >= 11 is 3.35. The summed E-state index contributed by atoms with van der Waals surface area (Å²) < 4.78 is 6.27. The van der Waals surface area contributed by atoms with Crippen LogP contribution in [0.1, 0.15) is 39.2 Å². The van der Waals surface area contributed by atoms with Gasteiger partial charge in [-0.05, 0) is 51.3 Å². The number of nitrogen functional groups attached to an aromatic ring is 1. The van der Waals surface area contributed by atoms with Gasteiger partial charge in [0.25, 0.3) is 0 Å². The summed E-state index contributed by atoms with van der Waals surface area (Å²) in [6.45, 7) is 6.02. The van der Waals surface area contributed by atoms with E-state index in [0.29, 0.717) is 18.7 Å². The minimum Gasteiger partial charge on any atom is -0.444 e. The van der Waals surface area contributed by atoms with Crippen LogP contribution in [0.25, 0.3) is 0 Å². The van der Waals surface area contributed by atoms with Gasteiger partial charge in [-0.1, -0.05) is 22.0 Å². The first-order valence-electron chi connectivity index (χ1n) is 7.73. The van der Waals surface area contributed by atoms with E-state index < -0.39 is 17.7 Å². The molecule has 2 N–H and O–H groups in total. The van der Waals surface area contributed by atoms with Crippen LogP contribution in [-0.4, -0.2) is 35.0 Å². The van der Waals surface area contributed by atoms with Gasteiger partial charge in [0.15, 0.2) is 5.78 Å². The van der Waals surface area contributed by atoms with E-state index >= 15 is 0 Å². The number of rotatable bonds is 3. The third kappa shape index (κ3) is 4.70. The summed E-state index contributed by atoms with van der Waals surface area (Å²) in [5, 5.41) is 0. The van der Waals surface area contributed by atoms with Gasteiger partial charge >= 0.3 is 6.09 Å². The second-order valence-electron chi connectivity index (χ2n) is 6.82. The van der Waals surface area contributed by atoms with E-state index in [1.807, 2.05) is 32.9 Å². The molecular formula is C17H23BrN2O3. The van der Waals surface area contributed by atoms with Crippen molar-refractivity contribution >= 4 is 33.5 Å². The van der Waals surface area contributed by atoms with Crippen molar-refractivity contribution in [2.45, 2.75) is 51.7 Å². The number of anilines is 1. The molecule has 1 aliphatic heterocycles. The number of ether oxygens (including phenoxy) is 1. The lowest BCUT2D eigenvalue weighted by Crippen LogP contribution is -2.43. The SMILES string of the molecule is CC(C)(C)OC(=O)N1CCC[C@H]1C(=O)Cc1ccc(Br)cc1N. The lowest BCUT2D eigenvalue weighted by Gasteiger charge is -2.28. The number of carbonyl (C=O) groups is 2. The zero-order valence-corrected chi connectivity index (χ0v) is 15.4. The molecular weight excluding hydrogens is 360 g/mol. The molecule has 5 nitrogen and oxygen atoms in total. The zero-order chi connectivity index (χ0) is 17.2. The molecule has 0 bridgehead atoms. The molecule has 1 fully saturated rings. The molecule has 1 aromatic carbocycles. The lowest BCUT2D eigenvalue weighted by atomic mass is 10.0. The van der Waals surface area contributed by atoms with Gasteiger partial charge in [0.2, 0.25) is 0 Å². The number of likely N-dealkylation sites (tertiary alicyclic amines) is 1. The number of nitrogens with zero attached hydrogens (tertiary/aromatic N) is 1. The molecule has 1 saturated heterocycles. The maximum Gasteiger partial charge on any atom is 0.410 e. The Labute approximate surface area is 145 Å². The molecule has 23 heavy (non-hydrogen) atoms. The first-order chi connectivity index (χ1) is 10.7. The summed E-state index contributed by atoms with van der Waals surface area (Å²) in [5.74, 6) is 0.00221. The molecule has 126 valence electrons. The fourth-order valence-corrected chi connectivity index (χ4v) is 3.05. The van der Waals surface area contributed by atoms with Crippen LogP contribution in [0.3, 0.4) is 0 Å². The maximum atomic E-state index is 12.6. The Bertz CT molecular complexity index is 610. The van der Waals surface area contributed by atoms with E-state index in [4.69, 9.17) is 10.5 Å². The van der Waals surface area contributed by atoms with Crippen LogP contribution in [0.4, 0.5) is 10.5 Å². The summed E-state index contributed by atoms with van der Waals surface area (Å²) in [7, 11) is 0. The maximum absolute atomic E-state index is 12.6. The van der Waals surface area contributed by atoms with Crippen molar-refractivity contribution in [3.05, 3.63) is 28.2 Å². The van der Waals surface area contributed by atoms with Crippen molar-refractivity contribution in [3.63, 3.8) is 0 Å². The predicted molar refractivity (Wildman–Crippen MR) is 93.2 cm³/mol. The first kappa shape index (κ1) is 17.8. The minimum absolute atomic E-state index is 0.00221. The Balaban J connectivity index is 2.07. The highest BCUT2D eigenvalue weighted by Gasteiger charge is 2.36. The largest absolute Gasteiger partial charge is 0.444 e. The van der Waals surface area contributed by atoms with Crippen LogP contribution in [0, 0.1) is 0 Å². The van der Waals surface area contributed by atoms with E-state index in [0.717, 1.165) is 16.5 Å². The molecule has 1 amide bonds. The minimum atomic E-state index is -0.566. The monoisotopic (exact) mass is 382 g/mol. The summed E-state index contributed by atoms with van der Waals surface area (Å²) in [6.07, 6.45) is 1.29. The molecule has 0 spiro atoms. The number of hydrogen-bond acceptors (Lipinski definition) is 4. The summed E-state index contributed by atoms with van der Waals surface area (Å²) in [4.78, 5) is 26.4. The number of benzene rings is 1. The zero-order valence-electron chi connectivity index (χ0n) is 13.8. The molecule has 0 unspecified atom stereocenters. The van der Waals surface area contributed by atoms with Gasteiger partial charge in [0.05, 0.1) is 6.04 Å². The normalized spacial score (nSPS) is 18.1. The molecule has 2 rings (SSSR count). The Morgan fingerprint density at radius 1 is 1.39 bits per heavy atom. The molecule has 1 aliphatic rings. The number of ketones is 1. The molecule has 0 aliphatic carbocycles. The number of amides is 1. The van der Waals surface area contributed by atoms with Gasteiger partial charge in [-0.2, -0.15) is 0 Å². The van der Waals surface area contributed by atoms with Gasteiger partial charge in [-0.3, -0.25) is 9.69 Å². The summed E-state index contributed by atoms with van der Waals surface area (Å²) in [5.41, 5.74) is 6.76. The average Bonchev–Trinajstić information content (AvgIpc) is 2.89. The smallest absolute Gasteiger partial charge is 0.410 e. The third-order valence-corrected chi connectivity index (χ3v) is 4.22. The highest BCUT2D eigenvalue weighted by molar-refractivity contribution is 9.10. The highest BCUT2D eigenvalue weighted by atomic mass is 79.9. The Morgan fingerprint density at radius 2 is 2.09 bits per heavy atom. The van der Waals surface area contributed by atoms with Crippen molar-refractivity contribution in [3.8, 4) is 0 Å². The van der Waals surface area contributed by atoms with Crippen molar-refractivity contribution in [2.24, 2.45) is 0 Å². The average molecular weight is 383 g/mol. The quantitative estimate of drug-likeness (QED) is 0.811. The van der Waals surface area contributed by atoms with Gasteiger partial charge in [-0.25, -0.2) is 4.79 Å². The van der Waals surface area contributed by atoms with Gasteiger partial charge in [-0.15, -0.1) is 0 Å². The fraction of sp³-hybridized carbons (Fsp3) is 0.529. The Kier molecular flexibility index (Phi) is 5.34. The second kappa shape index (κ2) is 6.91. The van der Waals surface area contributed by atoms with Crippen LogP contribution >= 0.6 is 15.9 Å². The van der Waals surface area contributed by atoms with Crippen LogP contribution in [0.15, 0.2) is 22.7 Å². The predicted octanol–water partition coefficient (Wildman–Crippen LogP) is 3.54. The van der Waals surface area contributed by atoms with Crippen molar-refractivity contribution < 1.29 is 14.3 Å². The fourth-order valence-electron chi connectivity index (χ4n) is 2.67. The molecule has 1 aromatic rings. The van der Waals surface area contributed by atoms with Crippen LogP contribution in [0.5, 0.6) is 0 Å². The van der Waals surface area contributed by atoms with E-state index in [1.165, 1.54) is 0 Å². The highest BCUT2D eigenvalue weighted by Crippen LogP contribution is 2.25. The van der Waals surface area contributed by atoms with Crippen molar-refractivity contribution in [1.29, 1.82) is 0 Å². The number of halogens is 1. The first-order valence-corrected chi connectivity index (χ1v) is 8.53. The van der Waals surface area contributed by atoms with Gasteiger partial charge in [0.1, 0.15) is 5.60 Å². The molecule has 0 saturated carbocycles. The van der Waals surface area contributed by atoms with Crippen LogP contribution in [0.2, 0.25) is 0 Å². The van der Waals surface area contributed by atoms with E-state index in [-0.39, 0.29) is 12.2 Å². The summed E-state index contributed by atoms with van der Waals surface area (Å²) in [6, 6.07) is 5.06. The van der Waals surface area contributed by atoms with Crippen LogP contribution in [-0.2, 0) is 16.0 Å². The number of Topliss-reactive ketones (excluding diaryl/α,β-unsaturated/α-hetero) is 1. The molecule has 0 aromatic heterocycles. The van der Waals surface area contributed by atoms with Crippen molar-refractivity contribution in [2.75, 3.05) is 12.3 Å². The molecule has 1 heterocycles. The number of carbonyl (C=O) groups excluding carboxylic acids is 2. The van der Waals surface area contributed by atoms with E-state index in [1.54, 1.807) is 11.0 Å². The van der Waals surface area contributed by atoms with Crippen LogP contribution < -0.4 is 5.73 Å². The second-order valence-corrected chi connectivity index (χ2v) is 7.73. The third-order valence-electron chi connectivity index (χ3n) is 3.73. The van der Waals surface area contributed by atoms with Crippen molar-refractivity contribution in [1.82, 2.24) is 4.90 Å². The van der Waals surface area contributed by atoms with Gasteiger partial charge < -0.3 is 10.5 Å². The number of hydrogen-bond donors (Lipinski definition) is 1. The van der Waals surface area contributed by atoms with E-state index in [2.05, 4.69) is 15.9 Å². The molecule has 0 radical (unpaired) electrons. The standard InChI is InChI=1S/C17H23BrN2O3/c1-17(2,3)23-16(22)20-8-4-5-14(20)15(21)9-11-6-7-12(18)10-13(11)19/h6-7,10,14H,4-5,8-9,19H2,1-3H3/t14-/m0/s1. The molecule has 6 heteroatoms. The lowest BCUT2D eigenvalue weighted by molar-refractivity contribution is -0.122. The Hall–Kier alpha value is -1.56. The van der Waals surface area contributed by atoms with E-state index in [9.17, 15) is 9.59 Å². The molecule has 1 atom stereocenters. The van der Waals surface area contributed by atoms with Gasteiger partial charge in [0, 0.05) is 23.1 Å².